The van der Waals surface area contributed by atoms with Crippen LogP contribution in [0.15, 0.2) is 30.5 Å². The van der Waals surface area contributed by atoms with E-state index in [2.05, 4.69) is 10.4 Å². The third kappa shape index (κ3) is 1.91. The van der Waals surface area contributed by atoms with Crippen LogP contribution in [0.3, 0.4) is 0 Å². The molecule has 2 N–H and O–H groups in total. The summed E-state index contributed by atoms with van der Waals surface area (Å²) in [6, 6.07) is 7.28. The first-order valence-corrected chi connectivity index (χ1v) is 5.91. The molecule has 17 heavy (non-hydrogen) atoms. The van der Waals surface area contributed by atoms with E-state index in [1.165, 1.54) is 5.56 Å². The van der Waals surface area contributed by atoms with Gasteiger partial charge in [-0.15, -0.1) is 0 Å². The van der Waals surface area contributed by atoms with Gasteiger partial charge in [-0.3, -0.25) is 0 Å². The number of hydrogen-bond donors (Lipinski definition) is 2. The molecular formula is C13H15N3O. The van der Waals surface area contributed by atoms with Gasteiger partial charge < -0.3 is 10.4 Å². The van der Waals surface area contributed by atoms with E-state index >= 15 is 0 Å². The molecule has 3 rings (SSSR count). The Labute approximate surface area is 99.9 Å². The van der Waals surface area contributed by atoms with Crippen LogP contribution < -0.4 is 5.32 Å². The van der Waals surface area contributed by atoms with E-state index in [-0.39, 0.29) is 5.75 Å². The van der Waals surface area contributed by atoms with E-state index in [0.717, 1.165) is 37.3 Å². The van der Waals surface area contributed by atoms with Crippen LogP contribution in [0.5, 0.6) is 5.75 Å². The summed E-state index contributed by atoms with van der Waals surface area (Å²) in [6.07, 6.45) is 3.98. The summed E-state index contributed by atoms with van der Waals surface area (Å²) in [5.74, 6) is 0.267. The van der Waals surface area contributed by atoms with Gasteiger partial charge >= 0.3 is 0 Å². The topological polar surface area (TPSA) is 50.1 Å². The Morgan fingerprint density at radius 2 is 2.00 bits per heavy atom. The van der Waals surface area contributed by atoms with Crippen molar-refractivity contribution in [2.45, 2.75) is 12.8 Å². The Kier molecular flexibility index (Phi) is 2.57. The summed E-state index contributed by atoms with van der Waals surface area (Å²) in [7, 11) is 0. The summed E-state index contributed by atoms with van der Waals surface area (Å²) in [5.41, 5.74) is 3.16. The molecule has 1 aromatic heterocycles. The van der Waals surface area contributed by atoms with Crippen molar-refractivity contribution in [3.8, 4) is 11.4 Å². The average molecular weight is 229 g/mol. The van der Waals surface area contributed by atoms with E-state index in [0.29, 0.717) is 0 Å². The third-order valence-electron chi connectivity index (χ3n) is 3.12. The Balaban J connectivity index is 2.02. The third-order valence-corrected chi connectivity index (χ3v) is 3.12. The van der Waals surface area contributed by atoms with Gasteiger partial charge in [0, 0.05) is 19.2 Å². The van der Waals surface area contributed by atoms with Crippen LogP contribution in [-0.4, -0.2) is 28.0 Å². The van der Waals surface area contributed by atoms with Gasteiger partial charge in [0.1, 0.15) is 11.4 Å². The zero-order valence-electron chi connectivity index (χ0n) is 9.56. The zero-order chi connectivity index (χ0) is 11.7. The summed E-state index contributed by atoms with van der Waals surface area (Å²) in [5, 5.41) is 17.7. The van der Waals surface area contributed by atoms with Crippen molar-refractivity contribution in [2.24, 2.45) is 0 Å². The van der Waals surface area contributed by atoms with Crippen LogP contribution in [-0.2, 0) is 12.8 Å². The van der Waals surface area contributed by atoms with Crippen LogP contribution in [0.25, 0.3) is 5.69 Å². The van der Waals surface area contributed by atoms with E-state index in [9.17, 15) is 5.11 Å². The number of phenolic OH excluding ortho intramolecular Hbond substituents is 1. The quantitative estimate of drug-likeness (QED) is 0.774. The molecule has 0 amide bonds. The molecule has 0 radical (unpaired) electrons. The molecule has 0 spiro atoms. The van der Waals surface area contributed by atoms with Crippen molar-refractivity contribution < 1.29 is 5.11 Å². The number of nitrogens with zero attached hydrogens (tertiary/aromatic N) is 2. The van der Waals surface area contributed by atoms with Crippen molar-refractivity contribution in [3.05, 3.63) is 41.7 Å². The lowest BCUT2D eigenvalue weighted by Gasteiger charge is -2.03. The van der Waals surface area contributed by atoms with Gasteiger partial charge in [0.05, 0.1) is 5.69 Å². The van der Waals surface area contributed by atoms with Gasteiger partial charge in [0.2, 0.25) is 0 Å². The largest absolute Gasteiger partial charge is 0.506 e. The van der Waals surface area contributed by atoms with Crippen molar-refractivity contribution in [3.63, 3.8) is 0 Å². The standard InChI is InChI=1S/C13H15N3O/c17-13-4-2-1-3-12(13)16-9-10-5-7-14-8-6-11(10)15-16/h1-4,9,14,17H,5-8H2. The number of fused-ring (bicyclic) bond motifs is 1. The van der Waals surface area contributed by atoms with Crippen LogP contribution in [0.4, 0.5) is 0 Å². The van der Waals surface area contributed by atoms with E-state index < -0.39 is 0 Å². The van der Waals surface area contributed by atoms with Crippen LogP contribution >= 0.6 is 0 Å². The summed E-state index contributed by atoms with van der Waals surface area (Å²) in [6.45, 7) is 1.98. The summed E-state index contributed by atoms with van der Waals surface area (Å²) < 4.78 is 1.78. The second-order valence-corrected chi connectivity index (χ2v) is 4.28. The fourth-order valence-corrected chi connectivity index (χ4v) is 2.20. The Morgan fingerprint density at radius 1 is 1.18 bits per heavy atom. The first-order chi connectivity index (χ1) is 8.34. The molecule has 0 fully saturated rings. The maximum absolute atomic E-state index is 9.81. The molecule has 0 atom stereocenters. The molecule has 0 saturated carbocycles. The van der Waals surface area contributed by atoms with E-state index in [4.69, 9.17) is 0 Å². The molecule has 4 heteroatoms. The minimum absolute atomic E-state index is 0.267. The van der Waals surface area contributed by atoms with Crippen molar-refractivity contribution in [1.82, 2.24) is 15.1 Å². The molecule has 0 bridgehead atoms. The molecule has 0 saturated heterocycles. The lowest BCUT2D eigenvalue weighted by atomic mass is 10.2. The van der Waals surface area contributed by atoms with Crippen molar-refractivity contribution >= 4 is 0 Å². The second-order valence-electron chi connectivity index (χ2n) is 4.28. The molecule has 4 nitrogen and oxygen atoms in total. The number of phenols is 1. The minimum atomic E-state index is 0.267. The number of benzene rings is 1. The number of nitrogens with one attached hydrogen (secondary N) is 1. The highest BCUT2D eigenvalue weighted by molar-refractivity contribution is 5.45. The van der Waals surface area contributed by atoms with Gasteiger partial charge in [-0.1, -0.05) is 12.1 Å². The fraction of sp³-hybridized carbons (Fsp3) is 0.308. The SMILES string of the molecule is Oc1ccccc1-n1cc2c(n1)CCNCC2. The Morgan fingerprint density at radius 3 is 2.88 bits per heavy atom. The predicted octanol–water partition coefficient (Wildman–Crippen LogP) is 1.27. The highest BCUT2D eigenvalue weighted by Crippen LogP contribution is 2.22. The minimum Gasteiger partial charge on any atom is -0.506 e. The molecular weight excluding hydrogens is 214 g/mol. The molecule has 0 unspecified atom stereocenters. The molecule has 2 heterocycles. The zero-order valence-corrected chi connectivity index (χ0v) is 9.56. The average Bonchev–Trinajstić information content (AvgIpc) is 2.61. The van der Waals surface area contributed by atoms with Crippen LogP contribution in [0.1, 0.15) is 11.3 Å². The molecule has 1 aromatic carbocycles. The Bertz CT molecular complexity index is 510. The second kappa shape index (κ2) is 4.22. The van der Waals surface area contributed by atoms with Gasteiger partial charge in [0.25, 0.3) is 0 Å². The normalized spacial score (nSPS) is 15.3. The maximum Gasteiger partial charge on any atom is 0.141 e. The summed E-state index contributed by atoms with van der Waals surface area (Å²) in [4.78, 5) is 0. The van der Waals surface area contributed by atoms with E-state index in [1.807, 2.05) is 24.4 Å². The van der Waals surface area contributed by atoms with Gasteiger partial charge in [-0.05, 0) is 30.7 Å². The number of aromatic hydroxyl groups is 1. The van der Waals surface area contributed by atoms with Crippen molar-refractivity contribution in [2.75, 3.05) is 13.1 Å². The monoisotopic (exact) mass is 229 g/mol. The Hall–Kier alpha value is -1.81. The number of aromatic nitrogens is 2. The van der Waals surface area contributed by atoms with Crippen LogP contribution in [0, 0.1) is 0 Å². The first-order valence-electron chi connectivity index (χ1n) is 5.91. The molecule has 88 valence electrons. The molecule has 1 aliphatic rings. The van der Waals surface area contributed by atoms with Gasteiger partial charge in [-0.25, -0.2) is 4.68 Å². The van der Waals surface area contributed by atoms with Crippen molar-refractivity contribution in [1.29, 1.82) is 0 Å². The van der Waals surface area contributed by atoms with Crippen LogP contribution in [0.2, 0.25) is 0 Å². The number of para-hydroxylation sites is 2. The summed E-state index contributed by atoms with van der Waals surface area (Å²) >= 11 is 0. The number of hydrogen-bond acceptors (Lipinski definition) is 3. The highest BCUT2D eigenvalue weighted by Gasteiger charge is 2.13. The number of rotatable bonds is 1. The fourth-order valence-electron chi connectivity index (χ4n) is 2.20. The molecule has 1 aliphatic heterocycles. The predicted molar refractivity (Wildman–Crippen MR) is 65.5 cm³/mol. The first kappa shape index (κ1) is 10.4. The van der Waals surface area contributed by atoms with Gasteiger partial charge in [-0.2, -0.15) is 5.10 Å². The lowest BCUT2D eigenvalue weighted by molar-refractivity contribution is 0.470. The lowest BCUT2D eigenvalue weighted by Crippen LogP contribution is -2.16. The smallest absolute Gasteiger partial charge is 0.141 e. The highest BCUT2D eigenvalue weighted by atomic mass is 16.3. The van der Waals surface area contributed by atoms with Gasteiger partial charge in [0.15, 0.2) is 0 Å². The molecule has 0 aliphatic carbocycles. The molecule has 2 aromatic rings. The van der Waals surface area contributed by atoms with E-state index in [1.54, 1.807) is 10.7 Å². The maximum atomic E-state index is 9.81.